The molecule has 0 unspecified atom stereocenters. The molecular weight excluding hydrogens is 282 g/mol. The van der Waals surface area contributed by atoms with Crippen molar-refractivity contribution in [3.05, 3.63) is 59.7 Å². The van der Waals surface area contributed by atoms with Gasteiger partial charge in [0.2, 0.25) is 0 Å². The van der Waals surface area contributed by atoms with Crippen LogP contribution in [-0.2, 0) is 0 Å². The fraction of sp³-hybridized carbons (Fsp3) is 0. The largest absolute Gasteiger partial charge is 0.478 e. The molecule has 2 aromatic carbocycles. The van der Waals surface area contributed by atoms with E-state index in [1.165, 1.54) is 36.4 Å². The molecule has 0 aliphatic heterocycles. The van der Waals surface area contributed by atoms with Crippen molar-refractivity contribution in [2.75, 3.05) is 10.6 Å². The maximum atomic E-state index is 13.4. The number of anilines is 2. The highest BCUT2D eigenvalue weighted by Gasteiger charge is 2.11. The van der Waals surface area contributed by atoms with Crippen LogP contribution < -0.4 is 10.6 Å². The Morgan fingerprint density at radius 1 is 0.952 bits per heavy atom. The predicted octanol–water partition coefficient (Wildman–Crippen LogP) is 3.31. The normalized spacial score (nSPS) is 10.0. The van der Waals surface area contributed by atoms with Crippen molar-refractivity contribution in [3.63, 3.8) is 0 Å². The van der Waals surface area contributed by atoms with E-state index < -0.39 is 23.6 Å². The summed E-state index contributed by atoms with van der Waals surface area (Å²) in [6.45, 7) is 0. The first-order chi connectivity index (χ1) is 9.97. The summed E-state index contributed by atoms with van der Waals surface area (Å²) in [6, 6.07) is 8.00. The van der Waals surface area contributed by atoms with Gasteiger partial charge in [-0.1, -0.05) is 6.07 Å². The number of rotatable bonds is 3. The molecule has 3 N–H and O–H groups in total. The Bertz CT molecular complexity index is 687. The average molecular weight is 292 g/mol. The molecule has 0 bridgehead atoms. The molecule has 7 heteroatoms. The number of amides is 2. The highest BCUT2D eigenvalue weighted by Crippen LogP contribution is 2.17. The van der Waals surface area contributed by atoms with Crippen molar-refractivity contribution >= 4 is 23.4 Å². The van der Waals surface area contributed by atoms with Crippen LogP contribution in [0.2, 0.25) is 0 Å². The van der Waals surface area contributed by atoms with Crippen LogP contribution >= 0.6 is 0 Å². The van der Waals surface area contributed by atoms with Crippen molar-refractivity contribution in [1.82, 2.24) is 0 Å². The summed E-state index contributed by atoms with van der Waals surface area (Å²) >= 11 is 0. The molecule has 0 saturated carbocycles. The van der Waals surface area contributed by atoms with Crippen LogP contribution in [0.3, 0.4) is 0 Å². The number of hydrogen-bond donors (Lipinski definition) is 3. The van der Waals surface area contributed by atoms with Gasteiger partial charge in [0, 0.05) is 5.69 Å². The van der Waals surface area contributed by atoms with Crippen LogP contribution in [0.25, 0.3) is 0 Å². The van der Waals surface area contributed by atoms with Crippen molar-refractivity contribution in [2.45, 2.75) is 0 Å². The van der Waals surface area contributed by atoms with Gasteiger partial charge < -0.3 is 15.7 Å². The van der Waals surface area contributed by atoms with E-state index in [4.69, 9.17) is 5.11 Å². The van der Waals surface area contributed by atoms with E-state index in [9.17, 15) is 18.4 Å². The van der Waals surface area contributed by atoms with Gasteiger partial charge in [0.05, 0.1) is 11.3 Å². The Kier molecular flexibility index (Phi) is 4.13. The van der Waals surface area contributed by atoms with Gasteiger partial charge in [-0.3, -0.25) is 0 Å². The molecule has 0 radical (unpaired) electrons. The molecule has 0 fully saturated rings. The smallest absolute Gasteiger partial charge is 0.335 e. The maximum absolute atomic E-state index is 13.4. The summed E-state index contributed by atoms with van der Waals surface area (Å²) in [5.41, 5.74) is 0.0844. The topological polar surface area (TPSA) is 78.4 Å². The van der Waals surface area contributed by atoms with Crippen LogP contribution in [0.1, 0.15) is 10.4 Å². The molecule has 0 spiro atoms. The first-order valence-electron chi connectivity index (χ1n) is 5.83. The van der Waals surface area contributed by atoms with Gasteiger partial charge in [0.1, 0.15) is 0 Å². The van der Waals surface area contributed by atoms with Gasteiger partial charge in [-0.25, -0.2) is 18.4 Å². The number of carbonyl (C=O) groups excluding carboxylic acids is 1. The highest BCUT2D eigenvalue weighted by molar-refractivity contribution is 6.00. The second kappa shape index (κ2) is 6.00. The van der Waals surface area contributed by atoms with Crippen molar-refractivity contribution in [1.29, 1.82) is 0 Å². The molecule has 5 nitrogen and oxygen atoms in total. The second-order valence-electron chi connectivity index (χ2n) is 4.06. The number of benzene rings is 2. The minimum Gasteiger partial charge on any atom is -0.478 e. The van der Waals surface area contributed by atoms with E-state index >= 15 is 0 Å². The minimum atomic E-state index is -1.16. The molecule has 108 valence electrons. The predicted molar refractivity (Wildman–Crippen MR) is 72.4 cm³/mol. The lowest BCUT2D eigenvalue weighted by Gasteiger charge is -2.08. The van der Waals surface area contributed by atoms with Gasteiger partial charge in [-0.15, -0.1) is 0 Å². The Balaban J connectivity index is 2.04. The first kappa shape index (κ1) is 14.4. The zero-order valence-electron chi connectivity index (χ0n) is 10.6. The van der Waals surface area contributed by atoms with Crippen LogP contribution in [-0.4, -0.2) is 17.1 Å². The van der Waals surface area contributed by atoms with E-state index in [-0.39, 0.29) is 11.3 Å². The summed E-state index contributed by atoms with van der Waals surface area (Å²) in [5.74, 6) is -3.32. The average Bonchev–Trinajstić information content (AvgIpc) is 2.44. The Morgan fingerprint density at radius 2 is 1.62 bits per heavy atom. The van der Waals surface area contributed by atoms with Gasteiger partial charge >= 0.3 is 12.0 Å². The van der Waals surface area contributed by atoms with Crippen LogP contribution in [0.15, 0.2) is 42.5 Å². The van der Waals surface area contributed by atoms with Crippen LogP contribution in [0.5, 0.6) is 0 Å². The highest BCUT2D eigenvalue weighted by atomic mass is 19.2. The lowest BCUT2D eigenvalue weighted by molar-refractivity contribution is 0.0697. The molecule has 2 rings (SSSR count). The lowest BCUT2D eigenvalue weighted by Crippen LogP contribution is -2.20. The van der Waals surface area contributed by atoms with Gasteiger partial charge in [0.25, 0.3) is 0 Å². The first-order valence-corrected chi connectivity index (χ1v) is 5.83. The fourth-order valence-electron chi connectivity index (χ4n) is 1.58. The Hall–Kier alpha value is -2.96. The van der Waals surface area contributed by atoms with E-state index in [1.54, 1.807) is 0 Å². The molecular formula is C14H10F2N2O3. The molecule has 0 heterocycles. The molecule has 0 atom stereocenters. The summed E-state index contributed by atoms with van der Waals surface area (Å²) in [5, 5.41) is 13.3. The quantitative estimate of drug-likeness (QED) is 0.812. The molecule has 0 saturated heterocycles. The number of aromatic carboxylic acids is 1. The number of halogens is 2. The van der Waals surface area contributed by atoms with E-state index in [0.29, 0.717) is 5.69 Å². The maximum Gasteiger partial charge on any atom is 0.335 e. The third-order valence-electron chi connectivity index (χ3n) is 2.59. The molecule has 0 aromatic heterocycles. The molecule has 0 aliphatic carbocycles. The standard InChI is InChI=1S/C14H10F2N2O3/c15-10-2-1-3-11(12(10)16)18-14(21)17-9-6-4-8(5-7-9)13(19)20/h1-7H,(H,19,20)(H2,17,18,21). The summed E-state index contributed by atoms with van der Waals surface area (Å²) in [6.07, 6.45) is 0. The van der Waals surface area contributed by atoms with Crippen LogP contribution in [0, 0.1) is 11.6 Å². The Morgan fingerprint density at radius 3 is 2.24 bits per heavy atom. The summed E-state index contributed by atoms with van der Waals surface area (Å²) in [7, 11) is 0. The number of carboxylic acids is 1. The SMILES string of the molecule is O=C(Nc1ccc(C(=O)O)cc1)Nc1cccc(F)c1F. The van der Waals surface area contributed by atoms with Crippen LogP contribution in [0.4, 0.5) is 25.0 Å². The third-order valence-corrected chi connectivity index (χ3v) is 2.59. The zero-order valence-corrected chi connectivity index (χ0v) is 10.6. The van der Waals surface area contributed by atoms with Gasteiger partial charge in [-0.2, -0.15) is 0 Å². The third kappa shape index (κ3) is 3.53. The van der Waals surface area contributed by atoms with Crippen molar-refractivity contribution in [3.8, 4) is 0 Å². The fourth-order valence-corrected chi connectivity index (χ4v) is 1.58. The lowest BCUT2D eigenvalue weighted by atomic mass is 10.2. The molecule has 2 aromatic rings. The molecule has 2 amide bonds. The number of carbonyl (C=O) groups is 2. The second-order valence-corrected chi connectivity index (χ2v) is 4.06. The van der Waals surface area contributed by atoms with E-state index in [1.807, 2.05) is 0 Å². The summed E-state index contributed by atoms with van der Waals surface area (Å²) in [4.78, 5) is 22.3. The van der Waals surface area contributed by atoms with Gasteiger partial charge in [-0.05, 0) is 36.4 Å². The number of nitrogens with one attached hydrogen (secondary N) is 2. The number of urea groups is 1. The molecule has 0 aliphatic rings. The molecule has 21 heavy (non-hydrogen) atoms. The van der Waals surface area contributed by atoms with Crippen molar-refractivity contribution in [2.24, 2.45) is 0 Å². The minimum absolute atomic E-state index is 0.0668. The van der Waals surface area contributed by atoms with E-state index in [2.05, 4.69) is 10.6 Å². The number of hydrogen-bond acceptors (Lipinski definition) is 2. The summed E-state index contributed by atoms with van der Waals surface area (Å²) < 4.78 is 26.3. The van der Waals surface area contributed by atoms with Crippen molar-refractivity contribution < 1.29 is 23.5 Å². The van der Waals surface area contributed by atoms with Gasteiger partial charge in [0.15, 0.2) is 11.6 Å². The van der Waals surface area contributed by atoms with E-state index in [0.717, 1.165) is 6.07 Å². The number of carboxylic acid groups (broad SMARTS) is 1. The zero-order chi connectivity index (χ0) is 15.4. The Labute approximate surface area is 118 Å². The monoisotopic (exact) mass is 292 g/mol.